The molecule has 0 aliphatic carbocycles. The molecule has 10 heteroatoms. The maximum atomic E-state index is 13.2. The van der Waals surface area contributed by atoms with Crippen molar-refractivity contribution < 1.29 is 22.7 Å². The Balaban J connectivity index is 1.98. The van der Waals surface area contributed by atoms with Gasteiger partial charge in [0, 0.05) is 29.3 Å². The lowest BCUT2D eigenvalue weighted by Gasteiger charge is -2.27. The molecular formula is C21H26N2O5S3. The van der Waals surface area contributed by atoms with Crippen molar-refractivity contribution >= 4 is 50.7 Å². The van der Waals surface area contributed by atoms with Gasteiger partial charge in [0.1, 0.15) is 0 Å². The van der Waals surface area contributed by atoms with Gasteiger partial charge in [0.25, 0.3) is 10.0 Å². The van der Waals surface area contributed by atoms with Crippen LogP contribution in [0.3, 0.4) is 0 Å². The molecule has 0 saturated carbocycles. The average molecular weight is 483 g/mol. The molecule has 0 saturated heterocycles. The molecule has 1 aliphatic heterocycles. The fourth-order valence-electron chi connectivity index (χ4n) is 3.67. The molecule has 1 amide bonds. The van der Waals surface area contributed by atoms with E-state index in [2.05, 4.69) is 4.72 Å². The van der Waals surface area contributed by atoms with Crippen molar-refractivity contribution in [1.29, 1.82) is 0 Å². The summed E-state index contributed by atoms with van der Waals surface area (Å²) in [6.07, 6.45) is 2.80. The van der Waals surface area contributed by atoms with Crippen LogP contribution in [0.5, 0.6) is 0 Å². The number of methoxy groups -OCH3 is 1. The summed E-state index contributed by atoms with van der Waals surface area (Å²) in [7, 11) is -2.78. The summed E-state index contributed by atoms with van der Waals surface area (Å²) in [5.41, 5.74) is 3.03. The number of sulfonamides is 1. The minimum atomic E-state index is -4.02. The molecule has 168 valence electrons. The number of thiophene rings is 1. The number of amides is 1. The molecule has 0 radical (unpaired) electrons. The van der Waals surface area contributed by atoms with Crippen LogP contribution in [0.25, 0.3) is 0 Å². The molecule has 0 spiro atoms. The third-order valence-electron chi connectivity index (χ3n) is 5.00. The number of fused-ring (bicyclic) bond motifs is 1. The van der Waals surface area contributed by atoms with Crippen molar-refractivity contribution in [2.75, 3.05) is 30.4 Å². The highest BCUT2D eigenvalue weighted by atomic mass is 32.2. The minimum Gasteiger partial charge on any atom is -0.465 e. The van der Waals surface area contributed by atoms with Crippen LogP contribution in [0.1, 0.15) is 38.3 Å². The van der Waals surface area contributed by atoms with Gasteiger partial charge >= 0.3 is 5.97 Å². The van der Waals surface area contributed by atoms with Crippen LogP contribution in [0.15, 0.2) is 22.4 Å². The monoisotopic (exact) mass is 482 g/mol. The summed E-state index contributed by atoms with van der Waals surface area (Å²) in [5, 5.41) is 0. The number of nitrogens with zero attached hydrogens (tertiary/aromatic N) is 1. The van der Waals surface area contributed by atoms with E-state index >= 15 is 0 Å². The van der Waals surface area contributed by atoms with E-state index in [-0.39, 0.29) is 15.7 Å². The van der Waals surface area contributed by atoms with E-state index in [9.17, 15) is 18.0 Å². The Morgan fingerprint density at radius 2 is 1.90 bits per heavy atom. The molecule has 3 rings (SSSR count). The van der Waals surface area contributed by atoms with Gasteiger partial charge < -0.3 is 9.64 Å². The second-order valence-corrected chi connectivity index (χ2v) is 11.4. The predicted octanol–water partition coefficient (Wildman–Crippen LogP) is 3.59. The average Bonchev–Trinajstić information content (AvgIpc) is 3.10. The Hall–Kier alpha value is -2.04. The molecule has 7 nitrogen and oxygen atoms in total. The van der Waals surface area contributed by atoms with E-state index in [0.717, 1.165) is 28.2 Å². The number of nitrogens with one attached hydrogen (secondary N) is 1. The molecule has 2 aromatic rings. The minimum absolute atomic E-state index is 0.0331. The summed E-state index contributed by atoms with van der Waals surface area (Å²) >= 11 is 2.64. The fraction of sp³-hybridized carbons (Fsp3) is 0.429. The zero-order valence-corrected chi connectivity index (χ0v) is 20.4. The summed E-state index contributed by atoms with van der Waals surface area (Å²) in [6.45, 7) is 4.52. The Morgan fingerprint density at radius 3 is 2.52 bits per heavy atom. The molecular weight excluding hydrogens is 456 g/mol. The lowest BCUT2D eigenvalue weighted by Crippen LogP contribution is -2.35. The van der Waals surface area contributed by atoms with Gasteiger partial charge in [-0.25, -0.2) is 13.2 Å². The fourth-order valence-corrected chi connectivity index (χ4v) is 6.99. The number of anilines is 1. The van der Waals surface area contributed by atoms with E-state index in [1.54, 1.807) is 28.8 Å². The number of carbonyl (C=O) groups excluding carboxylic acids is 2. The number of rotatable bonds is 7. The number of hydrogen-bond donors (Lipinski definition) is 1. The largest absolute Gasteiger partial charge is 0.465 e. The lowest BCUT2D eigenvalue weighted by atomic mass is 10.0. The highest BCUT2D eigenvalue weighted by Gasteiger charge is 2.35. The molecule has 0 bridgehead atoms. The standard InChI is InChI=1S/C21H26N2O5S3/c1-13-9-14(2)11-15(10-13)22-31(26,27)21-19(20(25)28-3)16-5-7-23(12-17(16)30-21)18(24)6-8-29-4/h9-11,22H,5-8,12H2,1-4H3. The van der Waals surface area contributed by atoms with Crippen LogP contribution in [0.4, 0.5) is 5.69 Å². The van der Waals surface area contributed by atoms with Gasteiger partial charge in [0.15, 0.2) is 4.21 Å². The van der Waals surface area contributed by atoms with Gasteiger partial charge in [0.2, 0.25) is 5.91 Å². The molecule has 2 heterocycles. The van der Waals surface area contributed by atoms with E-state index in [1.165, 1.54) is 7.11 Å². The van der Waals surface area contributed by atoms with Crippen molar-refractivity contribution in [1.82, 2.24) is 4.90 Å². The van der Waals surface area contributed by atoms with Crippen molar-refractivity contribution in [3.05, 3.63) is 45.3 Å². The van der Waals surface area contributed by atoms with Crippen molar-refractivity contribution in [2.24, 2.45) is 0 Å². The van der Waals surface area contributed by atoms with Crippen LogP contribution in [-0.4, -0.2) is 50.9 Å². The molecule has 31 heavy (non-hydrogen) atoms. The second-order valence-electron chi connectivity index (χ2n) is 7.45. The first-order chi connectivity index (χ1) is 14.7. The predicted molar refractivity (Wildman–Crippen MR) is 125 cm³/mol. The van der Waals surface area contributed by atoms with E-state index in [1.807, 2.05) is 26.2 Å². The molecule has 0 unspecified atom stereocenters. The van der Waals surface area contributed by atoms with E-state index < -0.39 is 16.0 Å². The zero-order valence-electron chi connectivity index (χ0n) is 18.0. The summed E-state index contributed by atoms with van der Waals surface area (Å²) in [4.78, 5) is 27.4. The van der Waals surface area contributed by atoms with Crippen LogP contribution in [0, 0.1) is 13.8 Å². The normalized spacial score (nSPS) is 13.6. The van der Waals surface area contributed by atoms with Gasteiger partial charge in [-0.05, 0) is 55.3 Å². The molecule has 1 N–H and O–H groups in total. The molecule has 1 aromatic carbocycles. The van der Waals surface area contributed by atoms with Crippen molar-refractivity contribution in [3.8, 4) is 0 Å². The topological polar surface area (TPSA) is 92.8 Å². The molecule has 1 aliphatic rings. The van der Waals surface area contributed by atoms with Gasteiger partial charge in [-0.1, -0.05) is 6.07 Å². The summed E-state index contributed by atoms with van der Waals surface area (Å²) < 4.78 is 33.9. The number of hydrogen-bond acceptors (Lipinski definition) is 7. The first kappa shape index (κ1) is 23.6. The summed E-state index contributed by atoms with van der Waals surface area (Å²) in [6, 6.07) is 5.42. The van der Waals surface area contributed by atoms with Crippen LogP contribution in [-0.2, 0) is 32.5 Å². The Bertz CT molecular complexity index is 1090. The Kier molecular flexibility index (Phi) is 7.33. The number of esters is 1. The second kappa shape index (κ2) is 9.62. The first-order valence-corrected chi connectivity index (χ1v) is 13.5. The summed E-state index contributed by atoms with van der Waals surface area (Å²) in [5.74, 6) is 0.0886. The highest BCUT2D eigenvalue weighted by molar-refractivity contribution is 7.98. The van der Waals surface area contributed by atoms with Crippen LogP contribution in [0.2, 0.25) is 0 Å². The SMILES string of the molecule is COC(=O)c1c(S(=O)(=O)Nc2cc(C)cc(C)c2)sc2c1CCN(C(=O)CCSC)C2. The molecule has 0 atom stereocenters. The smallest absolute Gasteiger partial charge is 0.340 e. The zero-order chi connectivity index (χ0) is 22.8. The van der Waals surface area contributed by atoms with Crippen LogP contribution < -0.4 is 4.72 Å². The number of thioether (sulfide) groups is 1. The van der Waals surface area contributed by atoms with Gasteiger partial charge in [-0.2, -0.15) is 11.8 Å². The third kappa shape index (κ3) is 5.24. The maximum Gasteiger partial charge on any atom is 0.340 e. The number of ether oxygens (including phenoxy) is 1. The number of carbonyl (C=O) groups is 2. The maximum absolute atomic E-state index is 13.2. The Morgan fingerprint density at radius 1 is 1.23 bits per heavy atom. The van der Waals surface area contributed by atoms with E-state index in [0.29, 0.717) is 42.1 Å². The third-order valence-corrected chi connectivity index (χ3v) is 8.73. The van der Waals surface area contributed by atoms with Gasteiger partial charge in [0.05, 0.1) is 19.2 Å². The van der Waals surface area contributed by atoms with E-state index in [4.69, 9.17) is 4.74 Å². The Labute approximate surface area is 191 Å². The quantitative estimate of drug-likeness (QED) is 0.607. The number of aryl methyl sites for hydroxylation is 2. The lowest BCUT2D eigenvalue weighted by molar-refractivity contribution is -0.131. The van der Waals surface area contributed by atoms with Crippen molar-refractivity contribution in [2.45, 2.75) is 37.4 Å². The van der Waals surface area contributed by atoms with Gasteiger partial charge in [-0.3, -0.25) is 9.52 Å². The van der Waals surface area contributed by atoms with Gasteiger partial charge in [-0.15, -0.1) is 11.3 Å². The molecule has 0 fully saturated rings. The number of benzene rings is 1. The van der Waals surface area contributed by atoms with Crippen LogP contribution >= 0.6 is 23.1 Å². The highest BCUT2D eigenvalue weighted by Crippen LogP contribution is 2.37. The first-order valence-electron chi connectivity index (χ1n) is 9.77. The molecule has 1 aromatic heterocycles. The van der Waals surface area contributed by atoms with Crippen molar-refractivity contribution in [3.63, 3.8) is 0 Å².